The Morgan fingerprint density at radius 1 is 0.867 bits per heavy atom. The Labute approximate surface area is 178 Å². The quantitative estimate of drug-likeness (QED) is 0.501. The number of nitrogens with zero attached hydrogens (tertiary/aromatic N) is 1. The van der Waals surface area contributed by atoms with Crippen LogP contribution < -0.4 is 15.5 Å². The molecular formula is C23H17N3O3S. The van der Waals surface area contributed by atoms with Crippen molar-refractivity contribution >= 4 is 46.4 Å². The zero-order valence-electron chi connectivity index (χ0n) is 16.0. The average molecular weight is 415 g/mol. The van der Waals surface area contributed by atoms with Gasteiger partial charge in [0, 0.05) is 5.56 Å². The molecule has 2 N–H and O–H groups in total. The van der Waals surface area contributed by atoms with Crippen molar-refractivity contribution in [3.8, 4) is 0 Å². The lowest BCUT2D eigenvalue weighted by molar-refractivity contribution is 0.0924. The van der Waals surface area contributed by atoms with Crippen LogP contribution in [0.1, 0.15) is 36.6 Å². The molecule has 0 fully saturated rings. The predicted octanol–water partition coefficient (Wildman–Crippen LogP) is 3.92. The van der Waals surface area contributed by atoms with E-state index >= 15 is 0 Å². The Hall–Kier alpha value is -3.84. The minimum Gasteiger partial charge on any atom is -0.332 e. The molecule has 0 unspecified atom stereocenters. The van der Waals surface area contributed by atoms with Crippen LogP contribution in [0.25, 0.3) is 0 Å². The highest BCUT2D eigenvalue weighted by molar-refractivity contribution is 7.80. The number of fused-ring (bicyclic) bond motifs is 1. The van der Waals surface area contributed by atoms with Crippen molar-refractivity contribution in [2.75, 3.05) is 10.2 Å². The van der Waals surface area contributed by atoms with Crippen LogP contribution in [0.15, 0.2) is 72.8 Å². The summed E-state index contributed by atoms with van der Waals surface area (Å²) in [6, 6.07) is 20.7. The number of para-hydroxylation sites is 1. The van der Waals surface area contributed by atoms with Crippen molar-refractivity contribution < 1.29 is 14.4 Å². The molecular weight excluding hydrogens is 398 g/mol. The lowest BCUT2D eigenvalue weighted by atomic mass is 10.1. The molecule has 0 aromatic heterocycles. The van der Waals surface area contributed by atoms with Gasteiger partial charge >= 0.3 is 0 Å². The Balaban J connectivity index is 1.56. The van der Waals surface area contributed by atoms with Crippen molar-refractivity contribution in [3.63, 3.8) is 0 Å². The standard InChI is InChI=1S/C23H17N3O3S/c1-14-10-12-15(13-11-14)20(27)25-23(30)24-18-9-5-8-17-19(18)22(29)26(21(17)28)16-6-3-2-4-7-16/h2-13H,1H3,(H2,24,25,27,30). The number of benzene rings is 3. The van der Waals surface area contributed by atoms with Gasteiger partial charge in [-0.05, 0) is 55.5 Å². The van der Waals surface area contributed by atoms with E-state index in [1.165, 1.54) is 0 Å². The number of imide groups is 1. The largest absolute Gasteiger partial charge is 0.332 e. The summed E-state index contributed by atoms with van der Waals surface area (Å²) in [6.45, 7) is 1.93. The molecule has 0 saturated carbocycles. The molecule has 30 heavy (non-hydrogen) atoms. The van der Waals surface area contributed by atoms with Crippen molar-refractivity contribution in [2.45, 2.75) is 6.92 Å². The van der Waals surface area contributed by atoms with Gasteiger partial charge in [-0.15, -0.1) is 0 Å². The maximum atomic E-state index is 13.0. The minimum atomic E-state index is -0.447. The highest BCUT2D eigenvalue weighted by atomic mass is 32.1. The molecule has 0 bridgehead atoms. The molecule has 0 saturated heterocycles. The smallest absolute Gasteiger partial charge is 0.268 e. The van der Waals surface area contributed by atoms with Crippen LogP contribution in [0.5, 0.6) is 0 Å². The van der Waals surface area contributed by atoms with E-state index in [0.717, 1.165) is 10.5 Å². The summed E-state index contributed by atoms with van der Waals surface area (Å²) in [4.78, 5) is 39.3. The third-order valence-electron chi connectivity index (χ3n) is 4.72. The van der Waals surface area contributed by atoms with Gasteiger partial charge in [-0.1, -0.05) is 42.0 Å². The molecule has 7 heteroatoms. The molecule has 0 spiro atoms. The van der Waals surface area contributed by atoms with Gasteiger partial charge < -0.3 is 5.32 Å². The first kappa shape index (κ1) is 19.5. The van der Waals surface area contributed by atoms with Gasteiger partial charge in [0.15, 0.2) is 5.11 Å². The summed E-state index contributed by atoms with van der Waals surface area (Å²) in [6.07, 6.45) is 0. The maximum Gasteiger partial charge on any atom is 0.268 e. The number of hydrogen-bond acceptors (Lipinski definition) is 4. The molecule has 0 atom stereocenters. The normalized spacial score (nSPS) is 12.5. The second-order valence-corrected chi connectivity index (χ2v) is 7.19. The van der Waals surface area contributed by atoms with Crippen LogP contribution in [0, 0.1) is 6.92 Å². The first-order valence-corrected chi connectivity index (χ1v) is 9.62. The van der Waals surface area contributed by atoms with Crippen molar-refractivity contribution in [1.29, 1.82) is 0 Å². The Morgan fingerprint density at radius 3 is 2.27 bits per heavy atom. The van der Waals surface area contributed by atoms with E-state index in [1.54, 1.807) is 54.6 Å². The van der Waals surface area contributed by atoms with Gasteiger partial charge in [-0.3, -0.25) is 19.7 Å². The molecule has 148 valence electrons. The van der Waals surface area contributed by atoms with Gasteiger partial charge in [0.25, 0.3) is 17.7 Å². The van der Waals surface area contributed by atoms with Crippen LogP contribution in [0.4, 0.5) is 11.4 Å². The van der Waals surface area contributed by atoms with E-state index in [2.05, 4.69) is 10.6 Å². The topological polar surface area (TPSA) is 78.5 Å². The number of anilines is 2. The van der Waals surface area contributed by atoms with Crippen LogP contribution >= 0.6 is 12.2 Å². The number of amides is 3. The number of hydrogen-bond donors (Lipinski definition) is 2. The van der Waals surface area contributed by atoms with Crippen LogP contribution in [-0.4, -0.2) is 22.8 Å². The van der Waals surface area contributed by atoms with E-state index in [1.807, 2.05) is 25.1 Å². The molecule has 1 heterocycles. The molecule has 1 aliphatic rings. The number of aryl methyl sites for hydroxylation is 1. The predicted molar refractivity (Wildman–Crippen MR) is 119 cm³/mol. The number of nitrogens with one attached hydrogen (secondary N) is 2. The fraction of sp³-hybridized carbons (Fsp3) is 0.0435. The van der Waals surface area contributed by atoms with E-state index in [0.29, 0.717) is 16.9 Å². The van der Waals surface area contributed by atoms with Gasteiger partial charge in [0.2, 0.25) is 0 Å². The Kier molecular flexibility index (Phi) is 5.12. The molecule has 0 aliphatic carbocycles. The highest BCUT2D eigenvalue weighted by Gasteiger charge is 2.38. The Morgan fingerprint density at radius 2 is 1.57 bits per heavy atom. The van der Waals surface area contributed by atoms with Gasteiger partial charge in [0.1, 0.15) is 0 Å². The molecule has 1 aliphatic heterocycles. The lowest BCUT2D eigenvalue weighted by Crippen LogP contribution is -2.34. The zero-order valence-corrected chi connectivity index (χ0v) is 16.8. The third-order valence-corrected chi connectivity index (χ3v) is 4.92. The number of carbonyl (C=O) groups is 3. The van der Waals surface area contributed by atoms with Gasteiger partial charge in [0.05, 0.1) is 22.5 Å². The molecule has 0 radical (unpaired) electrons. The van der Waals surface area contributed by atoms with Crippen LogP contribution in [-0.2, 0) is 0 Å². The van der Waals surface area contributed by atoms with Gasteiger partial charge in [-0.25, -0.2) is 4.90 Å². The van der Waals surface area contributed by atoms with Crippen molar-refractivity contribution in [2.24, 2.45) is 0 Å². The zero-order chi connectivity index (χ0) is 21.3. The Bertz CT molecular complexity index is 1170. The summed E-state index contributed by atoms with van der Waals surface area (Å²) < 4.78 is 0. The van der Waals surface area contributed by atoms with E-state index in [-0.39, 0.29) is 22.1 Å². The fourth-order valence-electron chi connectivity index (χ4n) is 3.23. The van der Waals surface area contributed by atoms with Gasteiger partial charge in [-0.2, -0.15) is 0 Å². The lowest BCUT2D eigenvalue weighted by Gasteiger charge is -2.14. The molecule has 4 rings (SSSR count). The maximum absolute atomic E-state index is 13.0. The number of thiocarbonyl (C=S) groups is 1. The molecule has 6 nitrogen and oxygen atoms in total. The second kappa shape index (κ2) is 7.88. The fourth-order valence-corrected chi connectivity index (χ4v) is 3.44. The monoisotopic (exact) mass is 415 g/mol. The summed E-state index contributed by atoms with van der Waals surface area (Å²) in [5, 5.41) is 5.51. The SMILES string of the molecule is Cc1ccc(C(=O)NC(=S)Nc2cccc3c2C(=O)N(c2ccccc2)C3=O)cc1. The number of rotatable bonds is 3. The number of carbonyl (C=O) groups excluding carboxylic acids is 3. The van der Waals surface area contributed by atoms with E-state index < -0.39 is 11.8 Å². The third kappa shape index (κ3) is 3.58. The first-order valence-electron chi connectivity index (χ1n) is 9.21. The van der Waals surface area contributed by atoms with Crippen molar-refractivity contribution in [1.82, 2.24) is 5.32 Å². The summed E-state index contributed by atoms with van der Waals surface area (Å²) in [7, 11) is 0. The molecule has 3 amide bonds. The second-order valence-electron chi connectivity index (χ2n) is 6.78. The first-order chi connectivity index (χ1) is 14.5. The van der Waals surface area contributed by atoms with E-state index in [9.17, 15) is 14.4 Å². The van der Waals surface area contributed by atoms with Crippen molar-refractivity contribution in [3.05, 3.63) is 95.1 Å². The molecule has 3 aromatic rings. The molecule has 3 aromatic carbocycles. The van der Waals surface area contributed by atoms with E-state index in [4.69, 9.17) is 12.2 Å². The van der Waals surface area contributed by atoms with Crippen LogP contribution in [0.2, 0.25) is 0 Å². The highest BCUT2D eigenvalue weighted by Crippen LogP contribution is 2.32. The summed E-state index contributed by atoms with van der Waals surface area (Å²) in [5.41, 5.74) is 2.85. The average Bonchev–Trinajstić information content (AvgIpc) is 3.00. The summed E-state index contributed by atoms with van der Waals surface area (Å²) in [5.74, 6) is -1.22. The van der Waals surface area contributed by atoms with Crippen LogP contribution in [0.3, 0.4) is 0 Å². The summed E-state index contributed by atoms with van der Waals surface area (Å²) >= 11 is 5.25. The minimum absolute atomic E-state index is 0.0346.